The number of hydrogen-bond acceptors (Lipinski definition) is 3. The van der Waals surface area contributed by atoms with Crippen LogP contribution >= 0.6 is 11.6 Å². The summed E-state index contributed by atoms with van der Waals surface area (Å²) in [5, 5.41) is 3.82. The van der Waals surface area contributed by atoms with Crippen LogP contribution in [-0.2, 0) is 13.1 Å². The van der Waals surface area contributed by atoms with Gasteiger partial charge in [-0.2, -0.15) is 0 Å². The van der Waals surface area contributed by atoms with Crippen molar-refractivity contribution < 1.29 is 0 Å². The van der Waals surface area contributed by atoms with Crippen molar-refractivity contribution in [2.24, 2.45) is 5.73 Å². The predicted octanol–water partition coefficient (Wildman–Crippen LogP) is 2.81. The minimum absolute atomic E-state index is 0.554. The van der Waals surface area contributed by atoms with Crippen molar-refractivity contribution in [3.63, 3.8) is 0 Å². The van der Waals surface area contributed by atoms with Gasteiger partial charge in [0.15, 0.2) is 0 Å². The summed E-state index contributed by atoms with van der Waals surface area (Å²) in [6.45, 7) is 1.24. The van der Waals surface area contributed by atoms with Crippen LogP contribution in [0.1, 0.15) is 11.1 Å². The second-order valence-electron chi connectivity index (χ2n) is 3.71. The minimum Gasteiger partial charge on any atom is -0.365 e. The summed E-state index contributed by atoms with van der Waals surface area (Å²) in [6, 6.07) is 11.7. The molecule has 0 amide bonds. The molecule has 0 spiro atoms. The van der Waals surface area contributed by atoms with Crippen LogP contribution in [0.4, 0.5) is 5.82 Å². The summed E-state index contributed by atoms with van der Waals surface area (Å²) in [7, 11) is 0. The van der Waals surface area contributed by atoms with Crippen molar-refractivity contribution in [1.82, 2.24) is 4.98 Å². The molecule has 2 rings (SSSR count). The first kappa shape index (κ1) is 11.9. The van der Waals surface area contributed by atoms with Crippen molar-refractivity contribution in [2.75, 3.05) is 5.32 Å². The Balaban J connectivity index is 2.05. The zero-order chi connectivity index (χ0) is 12.1. The Morgan fingerprint density at radius 1 is 1.18 bits per heavy atom. The normalized spacial score (nSPS) is 10.2. The van der Waals surface area contributed by atoms with E-state index in [0.29, 0.717) is 23.9 Å². The highest BCUT2D eigenvalue weighted by Gasteiger charge is 2.00. The SMILES string of the molecule is NCc1cccc(CNc2ncccc2Cl)c1. The Bertz CT molecular complexity index is 500. The van der Waals surface area contributed by atoms with E-state index in [1.165, 1.54) is 0 Å². The van der Waals surface area contributed by atoms with Crippen LogP contribution in [0.5, 0.6) is 0 Å². The second-order valence-corrected chi connectivity index (χ2v) is 4.12. The predicted molar refractivity (Wildman–Crippen MR) is 70.9 cm³/mol. The summed E-state index contributed by atoms with van der Waals surface area (Å²) >= 11 is 6.00. The Morgan fingerprint density at radius 2 is 2.00 bits per heavy atom. The number of pyridine rings is 1. The molecule has 17 heavy (non-hydrogen) atoms. The Hall–Kier alpha value is -1.58. The molecule has 0 aliphatic rings. The maximum atomic E-state index is 6.00. The first-order valence-corrected chi connectivity index (χ1v) is 5.79. The van der Waals surface area contributed by atoms with Gasteiger partial charge in [-0.1, -0.05) is 35.9 Å². The van der Waals surface area contributed by atoms with Gasteiger partial charge in [0.05, 0.1) is 5.02 Å². The van der Waals surface area contributed by atoms with E-state index >= 15 is 0 Å². The van der Waals surface area contributed by atoms with E-state index in [1.54, 1.807) is 6.20 Å². The zero-order valence-electron chi connectivity index (χ0n) is 9.36. The fourth-order valence-electron chi connectivity index (χ4n) is 1.57. The number of nitrogens with one attached hydrogen (secondary N) is 1. The lowest BCUT2D eigenvalue weighted by molar-refractivity contribution is 1.04. The van der Waals surface area contributed by atoms with Crippen molar-refractivity contribution in [3.8, 4) is 0 Å². The molecule has 0 bridgehead atoms. The number of nitrogens with zero attached hydrogens (tertiary/aromatic N) is 1. The molecule has 0 saturated carbocycles. The van der Waals surface area contributed by atoms with E-state index in [9.17, 15) is 0 Å². The van der Waals surface area contributed by atoms with E-state index in [1.807, 2.05) is 30.3 Å². The molecule has 0 atom stereocenters. The third kappa shape index (κ3) is 3.19. The van der Waals surface area contributed by atoms with Gasteiger partial charge in [-0.3, -0.25) is 0 Å². The lowest BCUT2D eigenvalue weighted by Gasteiger charge is -2.08. The molecule has 88 valence electrons. The number of nitrogens with two attached hydrogens (primary N) is 1. The van der Waals surface area contributed by atoms with Gasteiger partial charge in [0.25, 0.3) is 0 Å². The lowest BCUT2D eigenvalue weighted by atomic mass is 10.1. The number of anilines is 1. The van der Waals surface area contributed by atoms with E-state index in [-0.39, 0.29) is 0 Å². The van der Waals surface area contributed by atoms with Gasteiger partial charge in [-0.15, -0.1) is 0 Å². The van der Waals surface area contributed by atoms with Crippen molar-refractivity contribution >= 4 is 17.4 Å². The monoisotopic (exact) mass is 247 g/mol. The Labute approximate surface area is 106 Å². The molecule has 0 aliphatic carbocycles. The quantitative estimate of drug-likeness (QED) is 0.874. The van der Waals surface area contributed by atoms with Crippen LogP contribution in [0.3, 0.4) is 0 Å². The van der Waals surface area contributed by atoms with E-state index in [0.717, 1.165) is 11.1 Å². The Morgan fingerprint density at radius 3 is 2.76 bits per heavy atom. The zero-order valence-corrected chi connectivity index (χ0v) is 10.1. The maximum absolute atomic E-state index is 6.00. The highest BCUT2D eigenvalue weighted by Crippen LogP contribution is 2.18. The number of rotatable bonds is 4. The largest absolute Gasteiger partial charge is 0.365 e. The first-order chi connectivity index (χ1) is 8.29. The van der Waals surface area contributed by atoms with Gasteiger partial charge in [0.1, 0.15) is 5.82 Å². The first-order valence-electron chi connectivity index (χ1n) is 5.42. The molecular weight excluding hydrogens is 234 g/mol. The molecule has 0 radical (unpaired) electrons. The average Bonchev–Trinajstić information content (AvgIpc) is 2.38. The molecule has 1 aromatic carbocycles. The molecular formula is C13H14ClN3. The molecule has 3 nitrogen and oxygen atoms in total. The standard InChI is InChI=1S/C13H14ClN3/c14-12-5-2-6-16-13(12)17-9-11-4-1-3-10(7-11)8-15/h1-7H,8-9,15H2,(H,16,17). The molecule has 4 heteroatoms. The van der Waals surface area contributed by atoms with E-state index in [4.69, 9.17) is 17.3 Å². The smallest absolute Gasteiger partial charge is 0.145 e. The lowest BCUT2D eigenvalue weighted by Crippen LogP contribution is -2.03. The van der Waals surface area contributed by atoms with Crippen LogP contribution in [0.15, 0.2) is 42.6 Å². The maximum Gasteiger partial charge on any atom is 0.145 e. The van der Waals surface area contributed by atoms with Gasteiger partial charge < -0.3 is 11.1 Å². The number of hydrogen-bond donors (Lipinski definition) is 2. The van der Waals surface area contributed by atoms with Crippen LogP contribution in [-0.4, -0.2) is 4.98 Å². The average molecular weight is 248 g/mol. The fourth-order valence-corrected chi connectivity index (χ4v) is 1.76. The van der Waals surface area contributed by atoms with Gasteiger partial charge in [-0.25, -0.2) is 4.98 Å². The Kier molecular flexibility index (Phi) is 3.96. The molecule has 2 aromatic rings. The minimum atomic E-state index is 0.554. The number of aromatic nitrogens is 1. The van der Waals surface area contributed by atoms with E-state index in [2.05, 4.69) is 16.4 Å². The van der Waals surface area contributed by atoms with Crippen molar-refractivity contribution in [1.29, 1.82) is 0 Å². The van der Waals surface area contributed by atoms with Crippen LogP contribution in [0.25, 0.3) is 0 Å². The van der Waals surface area contributed by atoms with Gasteiger partial charge in [0, 0.05) is 19.3 Å². The number of halogens is 1. The van der Waals surface area contributed by atoms with Gasteiger partial charge in [0.2, 0.25) is 0 Å². The summed E-state index contributed by atoms with van der Waals surface area (Å²) in [4.78, 5) is 4.17. The second kappa shape index (κ2) is 5.66. The highest BCUT2D eigenvalue weighted by molar-refractivity contribution is 6.32. The van der Waals surface area contributed by atoms with Crippen LogP contribution in [0, 0.1) is 0 Å². The molecule has 0 aliphatic heterocycles. The molecule has 0 unspecified atom stereocenters. The van der Waals surface area contributed by atoms with Crippen molar-refractivity contribution in [2.45, 2.75) is 13.1 Å². The molecule has 0 saturated heterocycles. The summed E-state index contributed by atoms with van der Waals surface area (Å²) in [5.74, 6) is 0.701. The third-order valence-electron chi connectivity index (χ3n) is 2.45. The molecule has 3 N–H and O–H groups in total. The van der Waals surface area contributed by atoms with Gasteiger partial charge in [-0.05, 0) is 23.3 Å². The summed E-state index contributed by atoms with van der Waals surface area (Å²) < 4.78 is 0. The molecule has 1 aromatic heterocycles. The molecule has 1 heterocycles. The van der Waals surface area contributed by atoms with E-state index < -0.39 is 0 Å². The summed E-state index contributed by atoms with van der Waals surface area (Å²) in [6.07, 6.45) is 1.71. The highest BCUT2D eigenvalue weighted by atomic mass is 35.5. The number of benzene rings is 1. The fraction of sp³-hybridized carbons (Fsp3) is 0.154. The third-order valence-corrected chi connectivity index (χ3v) is 2.75. The molecule has 0 fully saturated rings. The topological polar surface area (TPSA) is 50.9 Å². The van der Waals surface area contributed by atoms with Crippen LogP contribution in [0.2, 0.25) is 5.02 Å². The van der Waals surface area contributed by atoms with Crippen molar-refractivity contribution in [3.05, 3.63) is 58.7 Å². The van der Waals surface area contributed by atoms with Crippen LogP contribution < -0.4 is 11.1 Å². The van der Waals surface area contributed by atoms with Gasteiger partial charge >= 0.3 is 0 Å². The summed E-state index contributed by atoms with van der Waals surface area (Å²) in [5.41, 5.74) is 7.88.